The molecule has 0 unspecified atom stereocenters. The van der Waals surface area contributed by atoms with Crippen molar-refractivity contribution in [1.82, 2.24) is 19.4 Å². The molecule has 124 valence electrons. The molecule has 0 spiro atoms. The highest BCUT2D eigenvalue weighted by molar-refractivity contribution is 7.12. The highest BCUT2D eigenvalue weighted by atomic mass is 32.1. The lowest BCUT2D eigenvalue weighted by molar-refractivity contribution is 0.0708. The second kappa shape index (κ2) is 6.86. The van der Waals surface area contributed by atoms with Gasteiger partial charge < -0.3 is 9.47 Å². The minimum Gasteiger partial charge on any atom is -0.337 e. The molecule has 0 saturated carbocycles. The van der Waals surface area contributed by atoms with E-state index < -0.39 is 0 Å². The summed E-state index contributed by atoms with van der Waals surface area (Å²) in [6, 6.07) is 3.83. The van der Waals surface area contributed by atoms with Gasteiger partial charge in [-0.05, 0) is 24.3 Å². The maximum Gasteiger partial charge on any atom is 0.263 e. The molecule has 3 aromatic heterocycles. The van der Waals surface area contributed by atoms with Gasteiger partial charge in [-0.3, -0.25) is 4.79 Å². The fourth-order valence-corrected chi connectivity index (χ4v) is 4.47. The number of thiophene rings is 1. The average molecular weight is 358 g/mol. The molecular formula is C17H18N4OS2. The summed E-state index contributed by atoms with van der Waals surface area (Å²) in [4.78, 5) is 24.4. The Bertz CT molecular complexity index is 795. The highest BCUT2D eigenvalue weighted by Gasteiger charge is 2.28. The Kier molecular flexibility index (Phi) is 4.44. The van der Waals surface area contributed by atoms with Crippen LogP contribution in [-0.4, -0.2) is 38.4 Å². The number of nitrogens with zero attached hydrogens (tertiary/aromatic N) is 4. The van der Waals surface area contributed by atoms with Crippen LogP contribution in [-0.2, 0) is 6.54 Å². The van der Waals surface area contributed by atoms with Crippen LogP contribution in [0, 0.1) is 0 Å². The Morgan fingerprint density at radius 2 is 2.33 bits per heavy atom. The maximum absolute atomic E-state index is 12.6. The Morgan fingerprint density at radius 3 is 3.12 bits per heavy atom. The van der Waals surface area contributed by atoms with E-state index >= 15 is 0 Å². The van der Waals surface area contributed by atoms with Crippen LogP contribution in [0.4, 0.5) is 0 Å². The Labute approximate surface area is 148 Å². The molecule has 7 heteroatoms. The fraction of sp³-hybridized carbons (Fsp3) is 0.353. The number of hydrogen-bond acceptors (Lipinski definition) is 5. The molecule has 0 aromatic carbocycles. The number of hydrogen-bond donors (Lipinski definition) is 0. The van der Waals surface area contributed by atoms with E-state index in [0.29, 0.717) is 0 Å². The first-order valence-electron chi connectivity index (χ1n) is 8.02. The van der Waals surface area contributed by atoms with E-state index in [2.05, 4.69) is 19.9 Å². The van der Waals surface area contributed by atoms with Crippen molar-refractivity contribution >= 4 is 28.6 Å². The van der Waals surface area contributed by atoms with Crippen molar-refractivity contribution in [2.24, 2.45) is 0 Å². The Balaban J connectivity index is 1.50. The fourth-order valence-electron chi connectivity index (χ4n) is 3.23. The number of carbonyl (C=O) groups excluding carboxylic acids is 1. The first kappa shape index (κ1) is 15.5. The zero-order chi connectivity index (χ0) is 16.4. The van der Waals surface area contributed by atoms with Crippen molar-refractivity contribution in [2.45, 2.75) is 25.3 Å². The number of rotatable bonds is 4. The molecule has 1 atom stereocenters. The summed E-state index contributed by atoms with van der Waals surface area (Å²) in [5.74, 6) is 1.50. The second-order valence-corrected chi connectivity index (χ2v) is 7.63. The van der Waals surface area contributed by atoms with Crippen molar-refractivity contribution in [1.29, 1.82) is 0 Å². The molecule has 24 heavy (non-hydrogen) atoms. The SMILES string of the molecule is O=C(c1cccs1)N1CCC[C@@H](c2nccn2Cc2cscn2)C1. The summed E-state index contributed by atoms with van der Waals surface area (Å²) < 4.78 is 2.17. The Hall–Kier alpha value is -1.99. The molecule has 4 rings (SSSR count). The van der Waals surface area contributed by atoms with Gasteiger partial charge in [0.2, 0.25) is 0 Å². The van der Waals surface area contributed by atoms with Crippen molar-refractivity contribution < 1.29 is 4.79 Å². The van der Waals surface area contributed by atoms with Crippen LogP contribution in [0.1, 0.15) is 39.9 Å². The molecule has 3 aromatic rings. The monoisotopic (exact) mass is 358 g/mol. The van der Waals surface area contributed by atoms with Gasteiger partial charge in [-0.1, -0.05) is 6.07 Å². The molecule has 5 nitrogen and oxygen atoms in total. The van der Waals surface area contributed by atoms with E-state index in [-0.39, 0.29) is 11.8 Å². The van der Waals surface area contributed by atoms with Gasteiger partial charge in [0.15, 0.2) is 0 Å². The number of likely N-dealkylation sites (tertiary alicyclic amines) is 1. The molecule has 1 saturated heterocycles. The van der Waals surface area contributed by atoms with Crippen LogP contribution >= 0.6 is 22.7 Å². The molecule has 1 fully saturated rings. The van der Waals surface area contributed by atoms with Gasteiger partial charge in [-0.25, -0.2) is 9.97 Å². The number of piperidine rings is 1. The molecule has 1 aliphatic heterocycles. The quantitative estimate of drug-likeness (QED) is 0.717. The van der Waals surface area contributed by atoms with Crippen LogP contribution in [0.15, 0.2) is 40.8 Å². The highest BCUT2D eigenvalue weighted by Crippen LogP contribution is 2.27. The lowest BCUT2D eigenvalue weighted by Gasteiger charge is -2.32. The van der Waals surface area contributed by atoms with E-state index in [1.807, 2.05) is 40.3 Å². The predicted octanol–water partition coefficient (Wildman–Crippen LogP) is 3.47. The molecule has 0 N–H and O–H groups in total. The molecule has 1 aliphatic rings. The minimum atomic E-state index is 0.146. The van der Waals surface area contributed by atoms with Crippen molar-refractivity contribution in [2.75, 3.05) is 13.1 Å². The van der Waals surface area contributed by atoms with Gasteiger partial charge in [-0.15, -0.1) is 22.7 Å². The van der Waals surface area contributed by atoms with Crippen LogP contribution in [0.2, 0.25) is 0 Å². The molecular weight excluding hydrogens is 340 g/mol. The van der Waals surface area contributed by atoms with Gasteiger partial charge in [0.05, 0.1) is 22.6 Å². The lowest BCUT2D eigenvalue weighted by Crippen LogP contribution is -2.39. The summed E-state index contributed by atoms with van der Waals surface area (Å²) in [6.07, 6.45) is 5.95. The zero-order valence-electron chi connectivity index (χ0n) is 13.2. The summed E-state index contributed by atoms with van der Waals surface area (Å²) in [7, 11) is 0. The van der Waals surface area contributed by atoms with E-state index in [9.17, 15) is 4.79 Å². The van der Waals surface area contributed by atoms with Crippen LogP contribution < -0.4 is 0 Å². The van der Waals surface area contributed by atoms with Crippen molar-refractivity contribution in [3.8, 4) is 0 Å². The number of aromatic nitrogens is 3. The largest absolute Gasteiger partial charge is 0.337 e. The standard InChI is InChI=1S/C17H18N4OS2/c22-17(15-4-2-8-24-15)21-6-1-3-13(9-21)16-18-5-7-20(16)10-14-11-23-12-19-14/h2,4-5,7-8,11-13H,1,3,6,9-10H2/t13-/m1/s1. The van der Waals surface area contributed by atoms with Gasteiger partial charge in [-0.2, -0.15) is 0 Å². The maximum atomic E-state index is 12.6. The third-order valence-electron chi connectivity index (χ3n) is 4.37. The Morgan fingerprint density at radius 1 is 1.38 bits per heavy atom. The van der Waals surface area contributed by atoms with Gasteiger partial charge >= 0.3 is 0 Å². The van der Waals surface area contributed by atoms with Crippen molar-refractivity contribution in [3.05, 3.63) is 57.2 Å². The number of imidazole rings is 1. The van der Waals surface area contributed by atoms with Gasteiger partial charge in [0, 0.05) is 36.8 Å². The smallest absolute Gasteiger partial charge is 0.263 e. The molecule has 1 amide bonds. The molecule has 0 radical (unpaired) electrons. The minimum absolute atomic E-state index is 0.146. The van der Waals surface area contributed by atoms with E-state index in [4.69, 9.17) is 0 Å². The molecule has 0 bridgehead atoms. The van der Waals surface area contributed by atoms with Crippen LogP contribution in [0.25, 0.3) is 0 Å². The van der Waals surface area contributed by atoms with Gasteiger partial charge in [0.25, 0.3) is 5.91 Å². The molecule has 0 aliphatic carbocycles. The van der Waals surface area contributed by atoms with Crippen LogP contribution in [0.3, 0.4) is 0 Å². The number of thiazole rings is 1. The third-order valence-corrected chi connectivity index (χ3v) is 5.86. The third kappa shape index (κ3) is 3.14. The average Bonchev–Trinajstić information content (AvgIpc) is 3.37. The second-order valence-electron chi connectivity index (χ2n) is 5.96. The first-order valence-corrected chi connectivity index (χ1v) is 9.84. The van der Waals surface area contributed by atoms with Crippen molar-refractivity contribution in [3.63, 3.8) is 0 Å². The van der Waals surface area contributed by atoms with Gasteiger partial charge in [0.1, 0.15) is 5.82 Å². The number of carbonyl (C=O) groups is 1. The lowest BCUT2D eigenvalue weighted by atomic mass is 9.97. The van der Waals surface area contributed by atoms with E-state index in [1.54, 1.807) is 11.3 Å². The summed E-state index contributed by atoms with van der Waals surface area (Å²) in [5.41, 5.74) is 2.91. The topological polar surface area (TPSA) is 51.0 Å². The predicted molar refractivity (Wildman–Crippen MR) is 95.6 cm³/mol. The van der Waals surface area contributed by atoms with Crippen LogP contribution in [0.5, 0.6) is 0 Å². The normalized spacial score (nSPS) is 18.0. The van der Waals surface area contributed by atoms with E-state index in [0.717, 1.165) is 48.9 Å². The summed E-state index contributed by atoms with van der Waals surface area (Å²) in [5, 5.41) is 4.02. The first-order chi connectivity index (χ1) is 11.8. The number of amides is 1. The zero-order valence-corrected chi connectivity index (χ0v) is 14.8. The summed E-state index contributed by atoms with van der Waals surface area (Å²) in [6.45, 7) is 2.32. The molecule has 4 heterocycles. The summed E-state index contributed by atoms with van der Waals surface area (Å²) >= 11 is 3.12. The van der Waals surface area contributed by atoms with E-state index in [1.165, 1.54) is 11.3 Å².